The Bertz CT molecular complexity index is 1180. The van der Waals surface area contributed by atoms with Crippen LogP contribution in [0.2, 0.25) is 0 Å². The SMILES string of the molecule is CC=C(S/C=C(\C)C(=O)Nc1ccccc1N1CCCCC1)C1CCN(C(=O)CCc2ccc(F)cc2)CC1. The maximum Gasteiger partial charge on any atom is 0.251 e. The molecule has 1 N–H and O–H groups in total. The van der Waals surface area contributed by atoms with Crippen LogP contribution in [0.5, 0.6) is 0 Å². The van der Waals surface area contributed by atoms with Gasteiger partial charge < -0.3 is 15.1 Å². The summed E-state index contributed by atoms with van der Waals surface area (Å²) in [5.74, 6) is 0.204. The third kappa shape index (κ3) is 8.21. The van der Waals surface area contributed by atoms with Gasteiger partial charge >= 0.3 is 0 Å². The van der Waals surface area contributed by atoms with E-state index in [4.69, 9.17) is 0 Å². The predicted molar refractivity (Wildman–Crippen MR) is 160 cm³/mol. The normalized spacial score (nSPS) is 17.3. The first-order valence-corrected chi connectivity index (χ1v) is 15.0. The number of benzene rings is 2. The summed E-state index contributed by atoms with van der Waals surface area (Å²) in [6.07, 6.45) is 8.68. The van der Waals surface area contributed by atoms with E-state index in [1.54, 1.807) is 23.9 Å². The van der Waals surface area contributed by atoms with Crippen LogP contribution < -0.4 is 10.2 Å². The minimum Gasteiger partial charge on any atom is -0.370 e. The molecule has 2 aromatic rings. The zero-order valence-corrected chi connectivity index (χ0v) is 23.9. The Labute approximate surface area is 236 Å². The van der Waals surface area contributed by atoms with Gasteiger partial charge in [-0.25, -0.2) is 4.39 Å². The molecule has 208 valence electrons. The van der Waals surface area contributed by atoms with Gasteiger partial charge in [0.25, 0.3) is 5.91 Å². The van der Waals surface area contributed by atoms with Gasteiger partial charge in [-0.2, -0.15) is 0 Å². The van der Waals surface area contributed by atoms with Crippen molar-refractivity contribution in [3.63, 3.8) is 0 Å². The Morgan fingerprint density at radius 3 is 2.38 bits per heavy atom. The first-order valence-electron chi connectivity index (χ1n) is 14.1. The summed E-state index contributed by atoms with van der Waals surface area (Å²) in [5, 5.41) is 5.08. The van der Waals surface area contributed by atoms with Crippen molar-refractivity contribution in [1.29, 1.82) is 0 Å². The second kappa shape index (κ2) is 14.4. The number of allylic oxidation sites excluding steroid dienone is 2. The van der Waals surface area contributed by atoms with Gasteiger partial charge in [-0.3, -0.25) is 9.59 Å². The van der Waals surface area contributed by atoms with Crippen molar-refractivity contribution < 1.29 is 14.0 Å². The molecule has 5 nitrogen and oxygen atoms in total. The standard InChI is InChI=1S/C32H40FN3O2S/c1-3-30(26-17-21-36(22-18-26)31(37)16-13-25-11-14-27(33)15-12-25)39-23-24(2)32(38)34-28-9-5-6-10-29(28)35-19-7-4-8-20-35/h3,5-6,9-12,14-15,23,26H,4,7-8,13,16-22H2,1-2H3,(H,34,38)/b24-23+,30-3?. The lowest BCUT2D eigenvalue weighted by Gasteiger charge is -2.33. The highest BCUT2D eigenvalue weighted by Crippen LogP contribution is 2.34. The molecule has 0 aliphatic carbocycles. The van der Waals surface area contributed by atoms with Crippen LogP contribution in [0.4, 0.5) is 15.8 Å². The van der Waals surface area contributed by atoms with Crippen LogP contribution in [-0.4, -0.2) is 42.9 Å². The number of piperidine rings is 2. The number of para-hydroxylation sites is 2. The number of rotatable bonds is 9. The van der Waals surface area contributed by atoms with E-state index in [-0.39, 0.29) is 17.6 Å². The van der Waals surface area contributed by atoms with E-state index in [1.807, 2.05) is 42.4 Å². The van der Waals surface area contributed by atoms with E-state index in [0.717, 1.165) is 56.0 Å². The number of aryl methyl sites for hydroxylation is 1. The molecule has 0 atom stereocenters. The molecular weight excluding hydrogens is 509 g/mol. The fourth-order valence-corrected chi connectivity index (χ4v) is 6.28. The first kappa shape index (κ1) is 28.9. The average Bonchev–Trinajstić information content (AvgIpc) is 2.98. The van der Waals surface area contributed by atoms with Gasteiger partial charge in [-0.15, -0.1) is 11.8 Å². The number of anilines is 2. The van der Waals surface area contributed by atoms with Crippen LogP contribution in [-0.2, 0) is 16.0 Å². The lowest BCUT2D eigenvalue weighted by atomic mass is 9.95. The van der Waals surface area contributed by atoms with Crippen LogP contribution >= 0.6 is 11.8 Å². The molecule has 2 saturated heterocycles. The maximum atomic E-state index is 13.1. The van der Waals surface area contributed by atoms with Gasteiger partial charge in [-0.05, 0) is 98.4 Å². The summed E-state index contributed by atoms with van der Waals surface area (Å²) < 4.78 is 13.1. The number of hydrogen-bond acceptors (Lipinski definition) is 4. The number of amides is 2. The molecule has 2 aliphatic heterocycles. The Morgan fingerprint density at radius 2 is 1.69 bits per heavy atom. The van der Waals surface area contributed by atoms with Gasteiger partial charge in [0.1, 0.15) is 5.82 Å². The topological polar surface area (TPSA) is 52.7 Å². The van der Waals surface area contributed by atoms with Gasteiger partial charge in [0.2, 0.25) is 5.91 Å². The lowest BCUT2D eigenvalue weighted by Crippen LogP contribution is -2.38. The monoisotopic (exact) mass is 549 g/mol. The second-order valence-electron chi connectivity index (χ2n) is 10.4. The molecule has 0 radical (unpaired) electrons. The molecule has 0 spiro atoms. The smallest absolute Gasteiger partial charge is 0.251 e. The molecule has 2 aromatic carbocycles. The van der Waals surface area contributed by atoms with Crippen molar-refractivity contribution in [3.05, 3.63) is 81.9 Å². The molecule has 0 saturated carbocycles. The largest absolute Gasteiger partial charge is 0.370 e. The summed E-state index contributed by atoms with van der Waals surface area (Å²) in [7, 11) is 0. The van der Waals surface area contributed by atoms with Crippen LogP contribution in [0.1, 0.15) is 57.9 Å². The minimum absolute atomic E-state index is 0.0796. The molecule has 4 rings (SSSR count). The highest BCUT2D eigenvalue weighted by Gasteiger charge is 2.25. The van der Waals surface area contributed by atoms with Crippen molar-refractivity contribution in [1.82, 2.24) is 4.90 Å². The lowest BCUT2D eigenvalue weighted by molar-refractivity contribution is -0.132. The van der Waals surface area contributed by atoms with E-state index >= 15 is 0 Å². The number of likely N-dealkylation sites (tertiary alicyclic amines) is 1. The predicted octanol–water partition coefficient (Wildman–Crippen LogP) is 7.17. The zero-order valence-electron chi connectivity index (χ0n) is 23.1. The molecule has 2 aliphatic rings. The number of carbonyl (C=O) groups is 2. The summed E-state index contributed by atoms with van der Waals surface area (Å²) in [6, 6.07) is 14.4. The van der Waals surface area contributed by atoms with Crippen LogP contribution in [0.3, 0.4) is 0 Å². The molecule has 7 heteroatoms. The molecule has 0 unspecified atom stereocenters. The van der Waals surface area contributed by atoms with E-state index in [0.29, 0.717) is 24.3 Å². The van der Waals surface area contributed by atoms with Crippen LogP contribution in [0.15, 0.2) is 70.5 Å². The Morgan fingerprint density at radius 1 is 1.00 bits per heavy atom. The van der Waals surface area contributed by atoms with Crippen LogP contribution in [0.25, 0.3) is 0 Å². The highest BCUT2D eigenvalue weighted by molar-refractivity contribution is 8.05. The van der Waals surface area contributed by atoms with Gasteiger partial charge in [-0.1, -0.05) is 30.3 Å². The molecule has 0 aromatic heterocycles. The fraction of sp³-hybridized carbons (Fsp3) is 0.438. The average molecular weight is 550 g/mol. The number of nitrogens with one attached hydrogen (secondary N) is 1. The van der Waals surface area contributed by atoms with Gasteiger partial charge in [0, 0.05) is 38.2 Å². The second-order valence-corrected chi connectivity index (χ2v) is 11.4. The zero-order chi connectivity index (χ0) is 27.6. The van der Waals surface area contributed by atoms with Gasteiger partial charge in [0.15, 0.2) is 0 Å². The van der Waals surface area contributed by atoms with Gasteiger partial charge in [0.05, 0.1) is 11.4 Å². The van der Waals surface area contributed by atoms with Crippen molar-refractivity contribution in [2.24, 2.45) is 5.92 Å². The number of carbonyl (C=O) groups excluding carboxylic acids is 2. The molecular formula is C32H40FN3O2S. The highest BCUT2D eigenvalue weighted by atomic mass is 32.2. The Balaban J connectivity index is 1.26. The molecule has 2 amide bonds. The quantitative estimate of drug-likeness (QED) is 0.337. The molecule has 0 bridgehead atoms. The molecule has 2 heterocycles. The number of thioether (sulfide) groups is 1. The fourth-order valence-electron chi connectivity index (χ4n) is 5.29. The number of nitrogens with zero attached hydrogens (tertiary/aromatic N) is 2. The van der Waals surface area contributed by atoms with Crippen LogP contribution in [0, 0.1) is 11.7 Å². The van der Waals surface area contributed by atoms with E-state index in [1.165, 1.54) is 36.3 Å². The number of halogens is 1. The minimum atomic E-state index is -0.256. The summed E-state index contributed by atoms with van der Waals surface area (Å²) >= 11 is 1.62. The maximum absolute atomic E-state index is 13.1. The molecule has 39 heavy (non-hydrogen) atoms. The summed E-state index contributed by atoms with van der Waals surface area (Å²) in [5.41, 5.74) is 3.62. The Hall–Kier alpha value is -3.06. The van der Waals surface area contributed by atoms with E-state index < -0.39 is 0 Å². The van der Waals surface area contributed by atoms with E-state index in [2.05, 4.69) is 22.4 Å². The van der Waals surface area contributed by atoms with Crippen molar-refractivity contribution >= 4 is 35.0 Å². The third-order valence-corrected chi connectivity index (χ3v) is 8.97. The van der Waals surface area contributed by atoms with Crippen molar-refractivity contribution in [2.75, 3.05) is 36.4 Å². The summed E-state index contributed by atoms with van der Waals surface area (Å²) in [4.78, 5) is 31.3. The first-order chi connectivity index (χ1) is 18.9. The summed E-state index contributed by atoms with van der Waals surface area (Å²) in [6.45, 7) is 7.44. The van der Waals surface area contributed by atoms with Crippen molar-refractivity contribution in [2.45, 2.75) is 58.8 Å². The third-order valence-electron chi connectivity index (χ3n) is 7.65. The van der Waals surface area contributed by atoms with E-state index in [9.17, 15) is 14.0 Å². The van der Waals surface area contributed by atoms with Crippen molar-refractivity contribution in [3.8, 4) is 0 Å². The molecule has 2 fully saturated rings. The number of hydrogen-bond donors (Lipinski definition) is 1. The Kier molecular flexibility index (Phi) is 10.7.